The molecule has 0 atom stereocenters. The second-order valence-corrected chi connectivity index (χ2v) is 8.65. The van der Waals surface area contributed by atoms with E-state index in [9.17, 15) is 4.79 Å². The number of thioether (sulfide) groups is 1. The number of ether oxygens (including phenoxy) is 4. The molecule has 3 aromatic carbocycles. The van der Waals surface area contributed by atoms with Crippen molar-refractivity contribution in [2.75, 3.05) is 34.2 Å². The van der Waals surface area contributed by atoms with Crippen LogP contribution in [-0.2, 0) is 4.79 Å². The number of amides is 1. The van der Waals surface area contributed by atoms with E-state index in [1.807, 2.05) is 59.2 Å². The molecule has 0 aliphatic rings. The van der Waals surface area contributed by atoms with E-state index in [0.717, 1.165) is 17.0 Å². The van der Waals surface area contributed by atoms with E-state index in [-0.39, 0.29) is 11.7 Å². The second kappa shape index (κ2) is 12.6. The fraction of sp³-hybridized carbons (Fsp3) is 0.185. The van der Waals surface area contributed by atoms with E-state index in [2.05, 4.69) is 20.7 Å². The maximum atomic E-state index is 12.6. The van der Waals surface area contributed by atoms with Gasteiger partial charge in [-0.15, -0.1) is 10.2 Å². The number of hydrogen-bond acceptors (Lipinski definition) is 9. The number of hydrogen-bond donors (Lipinski definition) is 1. The minimum atomic E-state index is -0.306. The first-order chi connectivity index (χ1) is 18.6. The summed E-state index contributed by atoms with van der Waals surface area (Å²) < 4.78 is 23.3. The van der Waals surface area contributed by atoms with Crippen molar-refractivity contribution in [3.63, 3.8) is 0 Å². The molecular weight excluding hydrogens is 506 g/mol. The molecule has 0 aliphatic carbocycles. The molecule has 4 aromatic rings. The SMILES string of the molecule is COc1ccc(-c2nnc(SCC(=O)NN=Cc3ccc(OC)c(OC)c3OC)n2-c2ccccc2)cc1. The molecule has 1 heterocycles. The molecule has 0 unspecified atom stereocenters. The molecule has 1 aromatic heterocycles. The molecule has 1 amide bonds. The number of carbonyl (C=O) groups is 1. The minimum absolute atomic E-state index is 0.0774. The van der Waals surface area contributed by atoms with Gasteiger partial charge in [0, 0.05) is 16.8 Å². The number of hydrazone groups is 1. The number of methoxy groups -OCH3 is 4. The van der Waals surface area contributed by atoms with Gasteiger partial charge >= 0.3 is 0 Å². The average molecular weight is 534 g/mol. The molecule has 10 nitrogen and oxygen atoms in total. The van der Waals surface area contributed by atoms with E-state index in [0.29, 0.717) is 33.8 Å². The van der Waals surface area contributed by atoms with Crippen LogP contribution in [0, 0.1) is 0 Å². The molecule has 0 saturated heterocycles. The normalized spacial score (nSPS) is 10.8. The maximum Gasteiger partial charge on any atom is 0.250 e. The number of para-hydroxylation sites is 1. The summed E-state index contributed by atoms with van der Waals surface area (Å²) in [5.74, 6) is 2.58. The molecule has 0 saturated carbocycles. The predicted molar refractivity (Wildman–Crippen MR) is 146 cm³/mol. The molecule has 1 N–H and O–H groups in total. The van der Waals surface area contributed by atoms with Crippen molar-refractivity contribution in [3.8, 4) is 40.1 Å². The van der Waals surface area contributed by atoms with Crippen molar-refractivity contribution in [1.82, 2.24) is 20.2 Å². The summed E-state index contributed by atoms with van der Waals surface area (Å²) in [6, 6.07) is 20.8. The topological polar surface area (TPSA) is 109 Å². The molecule has 38 heavy (non-hydrogen) atoms. The molecule has 0 fully saturated rings. The van der Waals surface area contributed by atoms with Gasteiger partial charge in [-0.1, -0.05) is 30.0 Å². The van der Waals surface area contributed by atoms with Crippen molar-refractivity contribution >= 4 is 23.9 Å². The Labute approximate surface area is 224 Å². The summed E-state index contributed by atoms with van der Waals surface area (Å²) in [5, 5.41) is 13.4. The van der Waals surface area contributed by atoms with E-state index >= 15 is 0 Å². The van der Waals surface area contributed by atoms with Crippen molar-refractivity contribution in [3.05, 3.63) is 72.3 Å². The summed E-state index contributed by atoms with van der Waals surface area (Å²) >= 11 is 1.26. The highest BCUT2D eigenvalue weighted by atomic mass is 32.2. The summed E-state index contributed by atoms with van der Waals surface area (Å²) in [6.07, 6.45) is 1.48. The zero-order valence-electron chi connectivity index (χ0n) is 21.4. The Morgan fingerprint density at radius 1 is 0.895 bits per heavy atom. The number of nitrogens with zero attached hydrogens (tertiary/aromatic N) is 4. The van der Waals surface area contributed by atoms with Crippen LogP contribution in [0.15, 0.2) is 77.0 Å². The second-order valence-electron chi connectivity index (χ2n) is 7.71. The van der Waals surface area contributed by atoms with Crippen LogP contribution in [0.3, 0.4) is 0 Å². The highest BCUT2D eigenvalue weighted by Gasteiger charge is 2.18. The third kappa shape index (κ3) is 5.89. The van der Waals surface area contributed by atoms with Gasteiger partial charge in [-0.3, -0.25) is 9.36 Å². The molecule has 0 spiro atoms. The van der Waals surface area contributed by atoms with Crippen molar-refractivity contribution in [2.45, 2.75) is 5.16 Å². The third-order valence-corrected chi connectivity index (χ3v) is 6.38. The zero-order valence-corrected chi connectivity index (χ0v) is 22.2. The van der Waals surface area contributed by atoms with Gasteiger partial charge in [-0.2, -0.15) is 5.10 Å². The van der Waals surface area contributed by atoms with E-state index in [1.165, 1.54) is 32.2 Å². The van der Waals surface area contributed by atoms with E-state index in [1.54, 1.807) is 26.4 Å². The quantitative estimate of drug-likeness (QED) is 0.174. The number of carbonyl (C=O) groups excluding carboxylic acids is 1. The van der Waals surface area contributed by atoms with Gasteiger partial charge in [0.1, 0.15) is 5.75 Å². The lowest BCUT2D eigenvalue weighted by Gasteiger charge is -2.13. The molecule has 196 valence electrons. The van der Waals surface area contributed by atoms with Crippen LogP contribution in [0.2, 0.25) is 0 Å². The summed E-state index contributed by atoms with van der Waals surface area (Å²) in [5.41, 5.74) is 4.90. The summed E-state index contributed by atoms with van der Waals surface area (Å²) in [6.45, 7) is 0. The Hall–Kier alpha value is -4.51. The smallest absolute Gasteiger partial charge is 0.250 e. The van der Waals surface area contributed by atoms with Gasteiger partial charge in [0.25, 0.3) is 5.91 Å². The molecule has 0 radical (unpaired) electrons. The Bertz CT molecular complexity index is 1410. The fourth-order valence-electron chi connectivity index (χ4n) is 3.66. The number of benzene rings is 3. The largest absolute Gasteiger partial charge is 0.497 e. The molecular formula is C27H27N5O5S. The maximum absolute atomic E-state index is 12.6. The van der Waals surface area contributed by atoms with Crippen LogP contribution in [0.25, 0.3) is 17.1 Å². The Balaban J connectivity index is 1.49. The number of aromatic nitrogens is 3. The van der Waals surface area contributed by atoms with Crippen molar-refractivity contribution < 1.29 is 23.7 Å². The van der Waals surface area contributed by atoms with E-state index < -0.39 is 0 Å². The predicted octanol–water partition coefficient (Wildman–Crippen LogP) is 4.21. The van der Waals surface area contributed by atoms with Crippen LogP contribution in [-0.4, -0.2) is 61.1 Å². The van der Waals surface area contributed by atoms with E-state index in [4.69, 9.17) is 18.9 Å². The van der Waals surface area contributed by atoms with Gasteiger partial charge in [-0.25, -0.2) is 5.43 Å². The van der Waals surface area contributed by atoms with Gasteiger partial charge in [0.2, 0.25) is 5.75 Å². The number of nitrogens with one attached hydrogen (secondary N) is 1. The Morgan fingerprint density at radius 2 is 1.63 bits per heavy atom. The van der Waals surface area contributed by atoms with Crippen LogP contribution >= 0.6 is 11.8 Å². The standard InChI is InChI=1S/C27H27N5O5S/c1-34-21-13-10-18(11-14-21)26-30-31-27(32(26)20-8-6-5-7-9-20)38-17-23(33)29-28-16-19-12-15-22(35-2)25(37-4)24(19)36-3/h5-16H,17H2,1-4H3,(H,29,33). The highest BCUT2D eigenvalue weighted by Crippen LogP contribution is 2.39. The van der Waals surface area contributed by atoms with Crippen molar-refractivity contribution in [2.24, 2.45) is 5.10 Å². The fourth-order valence-corrected chi connectivity index (χ4v) is 4.41. The van der Waals surface area contributed by atoms with Crippen LogP contribution in [0.4, 0.5) is 0 Å². The summed E-state index contributed by atoms with van der Waals surface area (Å²) in [7, 11) is 6.21. The molecule has 0 bridgehead atoms. The van der Waals surface area contributed by atoms with Gasteiger partial charge in [0.05, 0.1) is 40.4 Å². The number of rotatable bonds is 11. The Kier molecular flexibility index (Phi) is 8.83. The van der Waals surface area contributed by atoms with Gasteiger partial charge in [-0.05, 0) is 48.5 Å². The third-order valence-electron chi connectivity index (χ3n) is 5.46. The monoisotopic (exact) mass is 533 g/mol. The summed E-state index contributed by atoms with van der Waals surface area (Å²) in [4.78, 5) is 12.6. The molecule has 4 rings (SSSR count). The first-order valence-electron chi connectivity index (χ1n) is 11.5. The first-order valence-corrected chi connectivity index (χ1v) is 12.5. The highest BCUT2D eigenvalue weighted by molar-refractivity contribution is 7.99. The van der Waals surface area contributed by atoms with Crippen molar-refractivity contribution in [1.29, 1.82) is 0 Å². The molecule has 11 heteroatoms. The average Bonchev–Trinajstić information content (AvgIpc) is 3.40. The molecule has 0 aliphatic heterocycles. The van der Waals surface area contributed by atoms with Gasteiger partial charge in [0.15, 0.2) is 22.5 Å². The lowest BCUT2D eigenvalue weighted by molar-refractivity contribution is -0.118. The lowest BCUT2D eigenvalue weighted by Crippen LogP contribution is -2.20. The first kappa shape index (κ1) is 26.6. The zero-order chi connectivity index (χ0) is 26.9. The lowest BCUT2D eigenvalue weighted by atomic mass is 10.2. The van der Waals surface area contributed by atoms with Crippen LogP contribution < -0.4 is 24.4 Å². The van der Waals surface area contributed by atoms with Crippen LogP contribution in [0.1, 0.15) is 5.56 Å². The Morgan fingerprint density at radius 3 is 2.29 bits per heavy atom. The minimum Gasteiger partial charge on any atom is -0.497 e. The van der Waals surface area contributed by atoms with Crippen LogP contribution in [0.5, 0.6) is 23.0 Å². The van der Waals surface area contributed by atoms with Gasteiger partial charge < -0.3 is 18.9 Å².